The molecule has 0 aromatic heterocycles. The van der Waals surface area contributed by atoms with Crippen molar-refractivity contribution in [3.05, 3.63) is 29.8 Å². The number of amides is 1. The van der Waals surface area contributed by atoms with Crippen molar-refractivity contribution in [1.29, 1.82) is 0 Å². The van der Waals surface area contributed by atoms with E-state index in [0.717, 1.165) is 44.9 Å². The van der Waals surface area contributed by atoms with Gasteiger partial charge < -0.3 is 10.0 Å². The van der Waals surface area contributed by atoms with Crippen LogP contribution in [0.2, 0.25) is 0 Å². The molecule has 27 heavy (non-hydrogen) atoms. The third-order valence-electron chi connectivity index (χ3n) is 5.40. The van der Waals surface area contributed by atoms with Crippen LogP contribution in [0.25, 0.3) is 0 Å². The van der Waals surface area contributed by atoms with Gasteiger partial charge >= 0.3 is 5.97 Å². The van der Waals surface area contributed by atoms with Gasteiger partial charge in [-0.05, 0) is 43.9 Å². The first-order chi connectivity index (χ1) is 12.8. The molecule has 2 aliphatic rings. The molecule has 7 nitrogen and oxygen atoms in total. The third kappa shape index (κ3) is 4.50. The van der Waals surface area contributed by atoms with Crippen molar-refractivity contribution in [2.75, 3.05) is 13.6 Å². The molecule has 1 aromatic rings. The Labute approximate surface area is 160 Å². The molecule has 0 spiro atoms. The number of rotatable bonds is 7. The first kappa shape index (κ1) is 19.8. The fourth-order valence-corrected chi connectivity index (χ4v) is 5.12. The molecular weight excluding hydrogens is 368 g/mol. The highest BCUT2D eigenvalue weighted by Crippen LogP contribution is 2.30. The second kappa shape index (κ2) is 7.98. The summed E-state index contributed by atoms with van der Waals surface area (Å²) < 4.78 is 27.4. The number of aliphatic carboxylic acids is 1. The van der Waals surface area contributed by atoms with Crippen LogP contribution in [0.5, 0.6) is 0 Å². The van der Waals surface area contributed by atoms with Crippen molar-refractivity contribution in [3.63, 3.8) is 0 Å². The maximum atomic E-state index is 13.0. The van der Waals surface area contributed by atoms with Crippen LogP contribution >= 0.6 is 0 Å². The van der Waals surface area contributed by atoms with Gasteiger partial charge in [0.2, 0.25) is 10.0 Å². The number of carboxylic acids is 1. The molecule has 0 atom stereocenters. The van der Waals surface area contributed by atoms with Gasteiger partial charge in [-0.2, -0.15) is 4.31 Å². The Balaban J connectivity index is 1.83. The van der Waals surface area contributed by atoms with Crippen LogP contribution in [0, 0.1) is 0 Å². The van der Waals surface area contributed by atoms with Gasteiger partial charge in [-0.15, -0.1) is 0 Å². The molecule has 3 rings (SSSR count). The molecule has 0 bridgehead atoms. The highest BCUT2D eigenvalue weighted by atomic mass is 32.2. The Morgan fingerprint density at radius 1 is 1.07 bits per heavy atom. The molecule has 0 unspecified atom stereocenters. The molecule has 148 valence electrons. The van der Waals surface area contributed by atoms with Crippen LogP contribution in [0.1, 0.15) is 55.3 Å². The van der Waals surface area contributed by atoms with Gasteiger partial charge in [0, 0.05) is 24.7 Å². The van der Waals surface area contributed by atoms with Crippen molar-refractivity contribution in [2.24, 2.45) is 0 Å². The Kier molecular flexibility index (Phi) is 5.86. The highest BCUT2D eigenvalue weighted by molar-refractivity contribution is 7.89. The minimum Gasteiger partial charge on any atom is -0.480 e. The van der Waals surface area contributed by atoms with E-state index in [4.69, 9.17) is 5.11 Å². The molecule has 1 amide bonds. The van der Waals surface area contributed by atoms with E-state index < -0.39 is 21.9 Å². The largest absolute Gasteiger partial charge is 0.480 e. The monoisotopic (exact) mass is 394 g/mol. The lowest BCUT2D eigenvalue weighted by atomic mass is 9.96. The predicted molar refractivity (Wildman–Crippen MR) is 100.0 cm³/mol. The van der Waals surface area contributed by atoms with Crippen LogP contribution in [0.4, 0.5) is 0 Å². The average Bonchev–Trinajstić information content (AvgIpc) is 3.50. The lowest BCUT2D eigenvalue weighted by Gasteiger charge is -2.30. The Hall–Kier alpha value is -1.93. The van der Waals surface area contributed by atoms with E-state index in [9.17, 15) is 18.0 Å². The van der Waals surface area contributed by atoms with E-state index in [-0.39, 0.29) is 29.1 Å². The van der Waals surface area contributed by atoms with Crippen molar-refractivity contribution in [3.8, 4) is 0 Å². The molecule has 8 heteroatoms. The smallest absolute Gasteiger partial charge is 0.323 e. The number of hydrogen-bond donors (Lipinski definition) is 1. The van der Waals surface area contributed by atoms with Gasteiger partial charge in [0.05, 0.1) is 4.90 Å². The first-order valence-electron chi connectivity index (χ1n) is 9.41. The summed E-state index contributed by atoms with van der Waals surface area (Å²) in [5, 5.41) is 9.06. The number of nitrogens with zero attached hydrogens (tertiary/aromatic N) is 2. The normalized spacial score (nSPS) is 18.4. The van der Waals surface area contributed by atoms with E-state index in [1.165, 1.54) is 21.3 Å². The second-order valence-electron chi connectivity index (χ2n) is 7.40. The van der Waals surface area contributed by atoms with E-state index in [0.29, 0.717) is 0 Å². The minimum absolute atomic E-state index is 0.0157. The predicted octanol–water partition coefficient (Wildman–Crippen LogP) is 2.33. The van der Waals surface area contributed by atoms with Crippen LogP contribution in [0.15, 0.2) is 29.2 Å². The zero-order valence-electron chi connectivity index (χ0n) is 15.5. The van der Waals surface area contributed by atoms with E-state index in [1.807, 2.05) is 0 Å². The fraction of sp³-hybridized carbons (Fsp3) is 0.579. The molecule has 0 saturated heterocycles. The molecular formula is C19H26N2O5S. The summed E-state index contributed by atoms with van der Waals surface area (Å²) in [6, 6.07) is 5.86. The van der Waals surface area contributed by atoms with Gasteiger partial charge in [0.15, 0.2) is 0 Å². The Morgan fingerprint density at radius 3 is 2.33 bits per heavy atom. The van der Waals surface area contributed by atoms with Crippen LogP contribution in [0.3, 0.4) is 0 Å². The van der Waals surface area contributed by atoms with Gasteiger partial charge in [-0.1, -0.05) is 25.3 Å². The number of benzene rings is 1. The molecule has 1 N–H and O–H groups in total. The van der Waals surface area contributed by atoms with Gasteiger partial charge in [0.1, 0.15) is 6.54 Å². The quantitative estimate of drug-likeness (QED) is 0.766. The topological polar surface area (TPSA) is 95.0 Å². The lowest BCUT2D eigenvalue weighted by Crippen LogP contribution is -2.39. The number of carboxylic acid groups (broad SMARTS) is 1. The van der Waals surface area contributed by atoms with Crippen molar-refractivity contribution in [2.45, 2.75) is 61.9 Å². The molecule has 2 fully saturated rings. The van der Waals surface area contributed by atoms with E-state index >= 15 is 0 Å². The van der Waals surface area contributed by atoms with E-state index in [2.05, 4.69) is 0 Å². The maximum absolute atomic E-state index is 13.0. The molecule has 2 saturated carbocycles. The molecule has 0 heterocycles. The second-order valence-corrected chi connectivity index (χ2v) is 9.40. The minimum atomic E-state index is -3.70. The van der Waals surface area contributed by atoms with Crippen LogP contribution in [-0.2, 0) is 14.8 Å². The Morgan fingerprint density at radius 2 is 1.74 bits per heavy atom. The SMILES string of the molecule is CN(C1CCCCC1)S(=O)(=O)c1cccc(C(=O)N(CC(=O)O)C2CC2)c1. The van der Waals surface area contributed by atoms with Crippen molar-refractivity contribution in [1.82, 2.24) is 9.21 Å². The molecule has 2 aliphatic carbocycles. The molecule has 0 aliphatic heterocycles. The zero-order chi connectivity index (χ0) is 19.6. The van der Waals surface area contributed by atoms with Crippen LogP contribution in [-0.4, -0.2) is 60.3 Å². The summed E-state index contributed by atoms with van der Waals surface area (Å²) in [7, 11) is -2.10. The summed E-state index contributed by atoms with van der Waals surface area (Å²) in [6.45, 7) is -0.373. The lowest BCUT2D eigenvalue weighted by molar-refractivity contribution is -0.137. The summed E-state index contributed by atoms with van der Waals surface area (Å²) in [5.74, 6) is -1.51. The summed E-state index contributed by atoms with van der Waals surface area (Å²) in [6.07, 6.45) is 6.44. The summed E-state index contributed by atoms with van der Waals surface area (Å²) in [5.41, 5.74) is 0.210. The van der Waals surface area contributed by atoms with E-state index in [1.54, 1.807) is 19.2 Å². The number of carbonyl (C=O) groups excluding carboxylic acids is 1. The van der Waals surface area contributed by atoms with Crippen molar-refractivity contribution >= 4 is 21.9 Å². The summed E-state index contributed by atoms with van der Waals surface area (Å²) in [4.78, 5) is 25.2. The summed E-state index contributed by atoms with van der Waals surface area (Å²) >= 11 is 0. The zero-order valence-corrected chi connectivity index (χ0v) is 16.3. The molecule has 0 radical (unpaired) electrons. The number of sulfonamides is 1. The third-order valence-corrected chi connectivity index (χ3v) is 7.31. The number of hydrogen-bond acceptors (Lipinski definition) is 4. The number of carbonyl (C=O) groups is 2. The maximum Gasteiger partial charge on any atom is 0.323 e. The average molecular weight is 394 g/mol. The highest BCUT2D eigenvalue weighted by Gasteiger charge is 2.35. The first-order valence-corrected chi connectivity index (χ1v) is 10.9. The van der Waals surface area contributed by atoms with Gasteiger partial charge in [-0.3, -0.25) is 9.59 Å². The molecule has 1 aromatic carbocycles. The van der Waals surface area contributed by atoms with Crippen molar-refractivity contribution < 1.29 is 23.1 Å². The standard InChI is InChI=1S/C19H26N2O5S/c1-20(15-7-3-2-4-8-15)27(25,26)17-9-5-6-14(12-17)19(24)21(13-18(22)23)16-10-11-16/h5-6,9,12,15-16H,2-4,7-8,10-11,13H2,1H3,(H,22,23). The Bertz CT molecular complexity index is 813. The van der Waals surface area contributed by atoms with Gasteiger partial charge in [0.25, 0.3) is 5.91 Å². The fourth-order valence-electron chi connectivity index (χ4n) is 3.66. The van der Waals surface area contributed by atoms with Crippen LogP contribution < -0.4 is 0 Å². The van der Waals surface area contributed by atoms with Gasteiger partial charge in [-0.25, -0.2) is 8.42 Å².